The third kappa shape index (κ3) is 54.7. The topological polar surface area (TPSA) is 239 Å². The Morgan fingerprint density at radius 3 is 0.983 bits per heavy atom. The fourth-order valence-corrected chi connectivity index (χ4v) is 12.6. The van der Waals surface area contributed by atoms with E-state index in [4.69, 9.17) is 79.9 Å². The molecule has 4 aromatic rings. The first-order chi connectivity index (χ1) is 53.6. The first-order valence-corrected chi connectivity index (χ1v) is 48.2. The predicted molar refractivity (Wildman–Crippen MR) is 485 cm³/mol. The van der Waals surface area contributed by atoms with E-state index in [1.54, 1.807) is 28.4 Å². The van der Waals surface area contributed by atoms with Gasteiger partial charge in [-0.25, -0.2) is 0 Å². The van der Waals surface area contributed by atoms with E-state index in [-0.39, 0.29) is 194 Å². The van der Waals surface area contributed by atoms with E-state index in [1.807, 2.05) is 147 Å². The van der Waals surface area contributed by atoms with Crippen LogP contribution in [0.4, 0.5) is 0 Å². The molecule has 24 nitrogen and oxygen atoms in total. The third-order valence-electron chi connectivity index (χ3n) is 18.3. The number of esters is 3. The zero-order valence-electron chi connectivity index (χ0n) is 75.7. The van der Waals surface area contributed by atoms with Gasteiger partial charge in [-0.2, -0.15) is 0 Å². The summed E-state index contributed by atoms with van der Waals surface area (Å²) in [6.45, 7) is 52.5. The van der Waals surface area contributed by atoms with E-state index in [2.05, 4.69) is 160 Å². The van der Waals surface area contributed by atoms with Crippen molar-refractivity contribution in [1.82, 2.24) is 20.4 Å². The number of carbonyl (C=O) groups is 3. The Bertz CT molecular complexity index is 3220. The monoisotopic (exact) mass is 2020 g/mol. The van der Waals surface area contributed by atoms with Crippen LogP contribution in [0.1, 0.15) is 175 Å². The number of ether oxygens (including phenoxy) is 15. The van der Waals surface area contributed by atoms with Crippen LogP contribution >= 0.6 is 38.5 Å². The number of carbonyl (C=O) groups excluding carboxylic acids is 3. The van der Waals surface area contributed by atoms with Crippen molar-refractivity contribution in [1.29, 1.82) is 0 Å². The maximum Gasteiger partial charge on any atom is 1.00 e. The van der Waals surface area contributed by atoms with Crippen LogP contribution in [0.25, 0.3) is 0 Å². The maximum absolute atomic E-state index is 13.9. The number of hydrogen-bond donors (Lipinski definition) is 2. The Balaban J connectivity index is -0.000000966. The molecular formula is C88H156BrI2KN4O20Si2. The molecule has 0 bridgehead atoms. The Hall–Kier alpha value is -2.06. The maximum atomic E-state index is 13.9. The number of rotatable bonds is 51. The minimum atomic E-state index is -2.34. The molecule has 0 saturated carbocycles. The Kier molecular flexibility index (Phi) is 68.8. The molecule has 678 valence electrons. The number of para-hydroxylation sites is 4. The second kappa shape index (κ2) is 66.4. The normalized spacial score (nSPS) is 12.8. The van der Waals surface area contributed by atoms with Crippen LogP contribution in [0.15, 0.2) is 97.1 Å². The van der Waals surface area contributed by atoms with E-state index in [9.17, 15) is 14.4 Å². The van der Waals surface area contributed by atoms with Crippen LogP contribution in [-0.2, 0) is 102 Å². The minimum absolute atomic E-state index is 0. The van der Waals surface area contributed by atoms with Crippen LogP contribution < -0.4 is 105 Å². The smallest absolute Gasteiger partial charge is 1.00 e. The summed E-state index contributed by atoms with van der Waals surface area (Å²) in [6, 6.07) is 31.1. The Labute approximate surface area is 797 Å². The molecule has 0 fully saturated rings. The second-order valence-electron chi connectivity index (χ2n) is 33.1. The van der Waals surface area contributed by atoms with Gasteiger partial charge in [0.05, 0.1) is 79.2 Å². The molecule has 0 saturated heterocycles. The van der Waals surface area contributed by atoms with Gasteiger partial charge >= 0.3 is 69.3 Å². The minimum Gasteiger partial charge on any atom is -1.00 e. The summed E-state index contributed by atoms with van der Waals surface area (Å²) in [7, 11) is 2.26. The molecule has 0 heterocycles. The predicted octanol–water partition coefficient (Wildman–Crippen LogP) is 12.0. The van der Waals surface area contributed by atoms with Crippen molar-refractivity contribution in [3.05, 3.63) is 119 Å². The van der Waals surface area contributed by atoms with Gasteiger partial charge in [-0.3, -0.25) is 24.2 Å². The number of nitrogens with one attached hydrogen (secondary N) is 2. The quantitative estimate of drug-likeness (QED) is 0.00794. The molecule has 0 aromatic heterocycles. The third-order valence-corrected chi connectivity index (χ3v) is 27.7. The van der Waals surface area contributed by atoms with Crippen molar-refractivity contribution in [3.63, 3.8) is 0 Å². The molecule has 4 rings (SSSR count). The molecule has 0 spiro atoms. The van der Waals surface area contributed by atoms with Gasteiger partial charge in [0.15, 0.2) is 43.8 Å². The molecule has 2 N–H and O–H groups in total. The van der Waals surface area contributed by atoms with Crippen molar-refractivity contribution in [2.24, 2.45) is 0 Å². The zero-order valence-corrected chi connectivity index (χ0v) is 86.7. The van der Waals surface area contributed by atoms with Crippen molar-refractivity contribution in [3.8, 4) is 23.0 Å². The Morgan fingerprint density at radius 2 is 0.703 bits per heavy atom. The number of methoxy groups -OCH3 is 4. The summed E-state index contributed by atoms with van der Waals surface area (Å²) >= 11 is 5.28. The van der Waals surface area contributed by atoms with Gasteiger partial charge in [0.1, 0.15) is 45.1 Å². The van der Waals surface area contributed by atoms with E-state index in [1.165, 1.54) is 4.43 Å². The van der Waals surface area contributed by atoms with Crippen LogP contribution in [0.3, 0.4) is 0 Å². The number of hydrogen-bond acceptors (Lipinski definition) is 24. The largest absolute Gasteiger partial charge is 1.00 e. The van der Waals surface area contributed by atoms with Crippen LogP contribution in [0.5, 0.6) is 23.0 Å². The van der Waals surface area contributed by atoms with E-state index >= 15 is 0 Å². The summed E-state index contributed by atoms with van der Waals surface area (Å²) in [4.78, 5) is 42.5. The van der Waals surface area contributed by atoms with Gasteiger partial charge in [-0.1, -0.05) is 188 Å². The molecule has 0 unspecified atom stereocenters. The zero-order chi connectivity index (χ0) is 86.0. The van der Waals surface area contributed by atoms with Crippen molar-refractivity contribution >= 4 is 73.1 Å². The van der Waals surface area contributed by atoms with Crippen LogP contribution in [-0.4, -0.2) is 230 Å². The van der Waals surface area contributed by atoms with Gasteiger partial charge in [0.25, 0.3) is 0 Å². The number of halogens is 3. The number of nitrogens with zero attached hydrogens (tertiary/aromatic N) is 2. The Morgan fingerprint density at radius 1 is 0.424 bits per heavy atom. The molecule has 30 heteroatoms. The van der Waals surface area contributed by atoms with Crippen molar-refractivity contribution in [2.45, 2.75) is 256 Å². The van der Waals surface area contributed by atoms with Gasteiger partial charge in [-0.05, 0) is 140 Å². The van der Waals surface area contributed by atoms with Gasteiger partial charge < -0.3 is 115 Å². The molecule has 0 amide bonds. The summed E-state index contributed by atoms with van der Waals surface area (Å²) in [5, 5.41) is 7.89. The molecule has 118 heavy (non-hydrogen) atoms. The number of alkyl halides is 2. The van der Waals surface area contributed by atoms with Gasteiger partial charge in [0, 0.05) is 101 Å². The van der Waals surface area contributed by atoms with Gasteiger partial charge in [-0.15, -0.1) is 0 Å². The van der Waals surface area contributed by atoms with Gasteiger partial charge in [0.2, 0.25) is 0 Å². The molecular weight excluding hydrogens is 1860 g/mol. The second-order valence-corrected chi connectivity index (χ2v) is 44.8. The van der Waals surface area contributed by atoms with E-state index < -0.39 is 33.9 Å². The summed E-state index contributed by atoms with van der Waals surface area (Å²) in [6.07, 6.45) is 1.53. The standard InChI is InChI=1S/C45H76N2O11Si.C33H56N2O7Si.C6H11BrO2.C2H5I.2CH4.HI.K/c1-15-37(46(30-41(48)57-43(2,3)4)28-35-20-16-18-22-39(35)54-33-52-26-24-50-11)38(32-56-59(13,14)45(8,9)10)47(31-42(49)58-44(5,6)7)29-36-21-17-19-23-40(36)55-34-53-27-25-51-12;1-9-29(34-22-27-14-10-12-16-31(27)40-25-38-20-18-36-5)30(24-42-43(7,8)33(2,3)4)35-23-28-15-11-13-17-32(28)41-26-39-21-19-37-6;1-6(2,3)9-5(8)4-7;1-2-3;;;;/h16-23,37-38H,15,24-34H2,1-14H3;10-17,29-30,34-35H,9,18-26H2,1-8H3;4H2,1-3H3;2H2,1H3;2*1H4;1H;/q;;;;;;;+1/p-1/t37-,38-;29-,30-;;;;;;/m00....../s1. The molecule has 0 aliphatic carbocycles. The first kappa shape index (κ1) is 122. The van der Waals surface area contributed by atoms with Crippen molar-refractivity contribution < 1.29 is 170 Å². The summed E-state index contributed by atoms with van der Waals surface area (Å²) in [5.41, 5.74) is 2.09. The molecule has 0 aliphatic heterocycles. The average Bonchev–Trinajstić information content (AvgIpc) is 0.801. The fourth-order valence-electron chi connectivity index (χ4n) is 10.5. The molecule has 4 aromatic carbocycles. The van der Waals surface area contributed by atoms with Crippen molar-refractivity contribution in [2.75, 3.05) is 145 Å². The summed E-state index contributed by atoms with van der Waals surface area (Å²) in [5.74, 6) is 1.90. The van der Waals surface area contributed by atoms with E-state index in [0.717, 1.165) is 40.2 Å². The molecule has 0 aliphatic rings. The average molecular weight is 2020 g/mol. The fraction of sp³-hybridized carbons (Fsp3) is 0.693. The van der Waals surface area contributed by atoms with Crippen LogP contribution in [0.2, 0.25) is 36.3 Å². The van der Waals surface area contributed by atoms with Crippen LogP contribution in [0, 0.1) is 0 Å². The molecule has 0 radical (unpaired) electrons. The first-order valence-electron chi connectivity index (χ1n) is 39.7. The summed E-state index contributed by atoms with van der Waals surface area (Å²) < 4.78 is 98.6. The molecule has 4 atom stereocenters. The SMILES string of the molecule is C.C.CC(C)(C)OC(=O)CBr.CCI.CC[C@@H]([C@H](CO[Si](C)(C)C(C)(C)C)N(CC(=O)OC(C)(C)C)Cc1ccccc1OCOCCOC)N(CC(=O)OC(C)(C)C)Cc1ccccc1OCOCCOC.CC[C@H](NCc1ccccc1OCOCCOC)[C@H](CO[Si](C)(C)C(C)(C)C)NCc1ccccc1OCOCCOC.[I-].[K+]. The number of benzene rings is 4. The van der Waals surface area contributed by atoms with E-state index in [0.29, 0.717) is 104 Å².